The lowest BCUT2D eigenvalue weighted by Crippen LogP contribution is -2.23. The molecular weight excluding hydrogens is 232 g/mol. The molecule has 0 spiro atoms. The molecule has 0 bridgehead atoms. The van der Waals surface area contributed by atoms with Gasteiger partial charge in [-0.15, -0.1) is 0 Å². The third-order valence-electron chi connectivity index (χ3n) is 2.65. The van der Waals surface area contributed by atoms with Crippen molar-refractivity contribution in [3.63, 3.8) is 0 Å². The van der Waals surface area contributed by atoms with Crippen LogP contribution in [0.25, 0.3) is 0 Å². The second-order valence-corrected chi connectivity index (χ2v) is 4.99. The monoisotopic (exact) mass is 248 g/mol. The molecule has 0 aliphatic heterocycles. The molecule has 1 heterocycles. The van der Waals surface area contributed by atoms with Crippen LogP contribution in [0.15, 0.2) is 52.4 Å². The highest BCUT2D eigenvalue weighted by Gasteiger charge is 2.20. The van der Waals surface area contributed by atoms with Crippen molar-refractivity contribution in [2.24, 2.45) is 5.73 Å². The van der Waals surface area contributed by atoms with E-state index in [0.717, 1.165) is 12.0 Å². The number of aromatic nitrogens is 1. The maximum Gasteiger partial charge on any atom is 0.255 e. The van der Waals surface area contributed by atoms with Crippen LogP contribution in [-0.4, -0.2) is 10.2 Å². The van der Waals surface area contributed by atoms with E-state index in [-0.39, 0.29) is 11.3 Å². The molecule has 2 atom stereocenters. The lowest BCUT2D eigenvalue weighted by molar-refractivity contribution is 0.451. The Hall–Kier alpha value is -1.26. The van der Waals surface area contributed by atoms with Gasteiger partial charge in [0.25, 0.3) is 5.22 Å². The molecule has 0 saturated carbocycles. The Labute approximate surface area is 105 Å². The average Bonchev–Trinajstić information content (AvgIpc) is 2.89. The van der Waals surface area contributed by atoms with Crippen molar-refractivity contribution in [1.29, 1.82) is 0 Å². The number of benzene rings is 1. The Bertz CT molecular complexity index is 430. The van der Waals surface area contributed by atoms with Gasteiger partial charge < -0.3 is 10.2 Å². The SMILES string of the molecule is CCC(Sc1ncco1)C(N)c1ccccc1. The molecule has 0 aliphatic rings. The summed E-state index contributed by atoms with van der Waals surface area (Å²) >= 11 is 1.60. The molecule has 0 radical (unpaired) electrons. The zero-order valence-electron chi connectivity index (χ0n) is 9.74. The normalized spacial score (nSPS) is 14.5. The van der Waals surface area contributed by atoms with Gasteiger partial charge in [-0.1, -0.05) is 49.0 Å². The van der Waals surface area contributed by atoms with Crippen molar-refractivity contribution in [2.45, 2.75) is 29.9 Å². The standard InChI is InChI=1S/C13H16N2OS/c1-2-11(17-13-15-8-9-16-13)12(14)10-6-4-3-5-7-10/h3-9,11-12H,2,14H2,1H3. The second-order valence-electron chi connectivity index (χ2n) is 3.80. The Balaban J connectivity index is 2.08. The van der Waals surface area contributed by atoms with Gasteiger partial charge in [0.15, 0.2) is 0 Å². The van der Waals surface area contributed by atoms with Gasteiger partial charge in [-0.25, -0.2) is 4.98 Å². The van der Waals surface area contributed by atoms with E-state index in [1.165, 1.54) is 0 Å². The third-order valence-corrected chi connectivity index (χ3v) is 3.98. The van der Waals surface area contributed by atoms with Crippen molar-refractivity contribution in [3.8, 4) is 0 Å². The number of rotatable bonds is 5. The molecule has 17 heavy (non-hydrogen) atoms. The minimum absolute atomic E-state index is 0.00176. The first kappa shape index (κ1) is 12.2. The fraction of sp³-hybridized carbons (Fsp3) is 0.308. The lowest BCUT2D eigenvalue weighted by atomic mass is 10.0. The highest BCUT2D eigenvalue weighted by molar-refractivity contribution is 7.99. The molecule has 0 fully saturated rings. The number of nitrogens with zero attached hydrogens (tertiary/aromatic N) is 1. The van der Waals surface area contributed by atoms with E-state index in [4.69, 9.17) is 10.2 Å². The average molecular weight is 248 g/mol. The number of hydrogen-bond donors (Lipinski definition) is 1. The number of nitrogens with two attached hydrogens (primary N) is 1. The van der Waals surface area contributed by atoms with Gasteiger partial charge in [0, 0.05) is 11.3 Å². The van der Waals surface area contributed by atoms with Gasteiger partial charge in [0.1, 0.15) is 6.26 Å². The summed E-state index contributed by atoms with van der Waals surface area (Å²) in [7, 11) is 0. The molecule has 90 valence electrons. The van der Waals surface area contributed by atoms with Crippen LogP contribution in [0.3, 0.4) is 0 Å². The van der Waals surface area contributed by atoms with Crippen molar-refractivity contribution < 1.29 is 4.42 Å². The minimum Gasteiger partial charge on any atom is -0.440 e. The molecule has 2 unspecified atom stereocenters. The van der Waals surface area contributed by atoms with E-state index < -0.39 is 0 Å². The summed E-state index contributed by atoms with van der Waals surface area (Å²) in [5.74, 6) is 0. The van der Waals surface area contributed by atoms with Crippen LogP contribution in [0.1, 0.15) is 24.9 Å². The van der Waals surface area contributed by atoms with Gasteiger partial charge in [-0.3, -0.25) is 0 Å². The second kappa shape index (κ2) is 5.89. The first-order chi connectivity index (χ1) is 8.31. The van der Waals surface area contributed by atoms with Gasteiger partial charge >= 0.3 is 0 Å². The van der Waals surface area contributed by atoms with E-state index in [2.05, 4.69) is 24.0 Å². The molecule has 2 aromatic rings. The Morgan fingerprint density at radius 3 is 2.71 bits per heavy atom. The van der Waals surface area contributed by atoms with E-state index in [0.29, 0.717) is 5.22 Å². The molecule has 2 rings (SSSR count). The summed E-state index contributed by atoms with van der Waals surface area (Å²) in [5.41, 5.74) is 7.43. The van der Waals surface area contributed by atoms with Crippen LogP contribution in [0.5, 0.6) is 0 Å². The van der Waals surface area contributed by atoms with Crippen LogP contribution >= 0.6 is 11.8 Å². The van der Waals surface area contributed by atoms with Crippen molar-refractivity contribution in [1.82, 2.24) is 4.98 Å². The Morgan fingerprint density at radius 2 is 2.12 bits per heavy atom. The molecule has 0 aliphatic carbocycles. The smallest absolute Gasteiger partial charge is 0.255 e. The van der Waals surface area contributed by atoms with E-state index in [9.17, 15) is 0 Å². The molecule has 0 amide bonds. The number of thioether (sulfide) groups is 1. The maximum atomic E-state index is 6.28. The van der Waals surface area contributed by atoms with Crippen molar-refractivity contribution in [3.05, 3.63) is 48.4 Å². The summed E-state index contributed by atoms with van der Waals surface area (Å²) in [6, 6.07) is 10.1. The number of hydrogen-bond acceptors (Lipinski definition) is 4. The van der Waals surface area contributed by atoms with E-state index in [1.807, 2.05) is 18.2 Å². The largest absolute Gasteiger partial charge is 0.440 e. The third kappa shape index (κ3) is 3.11. The minimum atomic E-state index is -0.00176. The molecule has 0 saturated heterocycles. The van der Waals surface area contributed by atoms with Gasteiger partial charge in [-0.2, -0.15) is 0 Å². The van der Waals surface area contributed by atoms with Gasteiger partial charge in [0.05, 0.1) is 6.20 Å². The predicted octanol–water partition coefficient (Wildman–Crippen LogP) is 3.25. The molecule has 1 aromatic heterocycles. The lowest BCUT2D eigenvalue weighted by Gasteiger charge is -2.20. The summed E-state index contributed by atoms with van der Waals surface area (Å²) in [5, 5.41) is 0.958. The maximum absolute atomic E-state index is 6.28. The van der Waals surface area contributed by atoms with E-state index in [1.54, 1.807) is 24.2 Å². The van der Waals surface area contributed by atoms with Crippen LogP contribution in [0, 0.1) is 0 Å². The zero-order valence-corrected chi connectivity index (χ0v) is 10.6. The topological polar surface area (TPSA) is 52.0 Å². The summed E-state index contributed by atoms with van der Waals surface area (Å²) in [6.07, 6.45) is 4.22. The van der Waals surface area contributed by atoms with Crippen molar-refractivity contribution >= 4 is 11.8 Å². The van der Waals surface area contributed by atoms with Crippen LogP contribution < -0.4 is 5.73 Å². The number of oxazole rings is 1. The fourth-order valence-corrected chi connectivity index (χ4v) is 2.66. The molecule has 3 nitrogen and oxygen atoms in total. The quantitative estimate of drug-likeness (QED) is 0.825. The highest BCUT2D eigenvalue weighted by atomic mass is 32.2. The van der Waals surface area contributed by atoms with Crippen LogP contribution in [0.4, 0.5) is 0 Å². The summed E-state index contributed by atoms with van der Waals surface area (Å²) < 4.78 is 5.25. The Morgan fingerprint density at radius 1 is 1.35 bits per heavy atom. The van der Waals surface area contributed by atoms with Crippen LogP contribution in [0.2, 0.25) is 0 Å². The molecule has 2 N–H and O–H groups in total. The summed E-state index contributed by atoms with van der Waals surface area (Å²) in [6.45, 7) is 2.13. The molecular formula is C13H16N2OS. The zero-order chi connectivity index (χ0) is 12.1. The summed E-state index contributed by atoms with van der Waals surface area (Å²) in [4.78, 5) is 4.12. The van der Waals surface area contributed by atoms with Crippen LogP contribution in [-0.2, 0) is 0 Å². The molecule has 1 aromatic carbocycles. The molecule has 4 heteroatoms. The first-order valence-electron chi connectivity index (χ1n) is 5.68. The van der Waals surface area contributed by atoms with Crippen molar-refractivity contribution in [2.75, 3.05) is 0 Å². The van der Waals surface area contributed by atoms with E-state index >= 15 is 0 Å². The Kier molecular flexibility index (Phi) is 4.23. The fourth-order valence-electron chi connectivity index (χ4n) is 1.70. The first-order valence-corrected chi connectivity index (χ1v) is 6.56. The van der Waals surface area contributed by atoms with Gasteiger partial charge in [0.2, 0.25) is 0 Å². The highest BCUT2D eigenvalue weighted by Crippen LogP contribution is 2.31. The predicted molar refractivity (Wildman–Crippen MR) is 69.8 cm³/mol. The van der Waals surface area contributed by atoms with Gasteiger partial charge in [-0.05, 0) is 12.0 Å².